The normalized spacial score (nSPS) is 30.2. The number of anilines is 1. The average molecular weight is 308 g/mol. The zero-order chi connectivity index (χ0) is 15.6. The van der Waals surface area contributed by atoms with Crippen LogP contribution in [0, 0.1) is 0 Å². The fraction of sp³-hybridized carbons (Fsp3) is 0.583. The second-order valence-corrected chi connectivity index (χ2v) is 4.69. The molecule has 0 saturated carbocycles. The van der Waals surface area contributed by atoms with E-state index in [0.717, 1.165) is 6.07 Å². The summed E-state index contributed by atoms with van der Waals surface area (Å²) in [7, 11) is 0. The quantitative estimate of drug-likeness (QED) is 0.628. The Morgan fingerprint density at radius 2 is 2.00 bits per heavy atom. The maximum absolute atomic E-state index is 12.6. The van der Waals surface area contributed by atoms with Gasteiger partial charge in [0.15, 0.2) is 0 Å². The largest absolute Gasteiger partial charge is 0.433 e. The van der Waals surface area contributed by atoms with Crippen molar-refractivity contribution in [2.75, 3.05) is 18.5 Å². The predicted octanol–water partition coefficient (Wildman–Crippen LogP) is -0.00620. The number of nitrogens with one attached hydrogen (secondary N) is 1. The number of nitrogens with zero attached hydrogens (tertiary/aromatic N) is 1. The lowest BCUT2D eigenvalue weighted by atomic mass is 9.98. The van der Waals surface area contributed by atoms with Crippen LogP contribution in [-0.2, 0) is 10.9 Å². The number of pyridine rings is 1. The number of hydrogen-bond acceptors (Lipinski definition) is 6. The summed E-state index contributed by atoms with van der Waals surface area (Å²) in [6, 6.07) is 2.49. The first kappa shape index (κ1) is 16.0. The first-order valence-electron chi connectivity index (χ1n) is 6.22. The molecule has 118 valence electrons. The van der Waals surface area contributed by atoms with Crippen molar-refractivity contribution in [2.45, 2.75) is 30.5 Å². The summed E-state index contributed by atoms with van der Waals surface area (Å²) in [4.78, 5) is 3.40. The van der Waals surface area contributed by atoms with E-state index in [-0.39, 0.29) is 12.4 Å². The molecule has 1 aliphatic heterocycles. The second kappa shape index (κ2) is 6.14. The van der Waals surface area contributed by atoms with Crippen LogP contribution in [0.4, 0.5) is 19.0 Å². The molecule has 1 saturated heterocycles. The molecule has 6 nitrogen and oxygen atoms in total. The number of alkyl halides is 3. The monoisotopic (exact) mass is 308 g/mol. The Labute approximate surface area is 118 Å². The molecule has 1 fully saturated rings. The Morgan fingerprint density at radius 1 is 1.29 bits per heavy atom. The third-order valence-corrected chi connectivity index (χ3v) is 3.19. The van der Waals surface area contributed by atoms with Crippen molar-refractivity contribution in [3.05, 3.63) is 23.9 Å². The molecular weight excluding hydrogens is 293 g/mol. The molecule has 4 atom stereocenters. The van der Waals surface area contributed by atoms with E-state index in [1.165, 1.54) is 12.1 Å². The third kappa shape index (κ3) is 3.62. The Bertz CT molecular complexity index is 486. The molecule has 0 spiro atoms. The van der Waals surface area contributed by atoms with Gasteiger partial charge in [0.05, 0.1) is 19.3 Å². The molecule has 21 heavy (non-hydrogen) atoms. The molecule has 2 heterocycles. The molecule has 1 aliphatic rings. The first-order chi connectivity index (χ1) is 9.82. The standard InChI is InChI=1S/C12H15F3N2O4/c13-12(14,15)8-2-1-3-9(17-8)16-6-5-21-7(4-18)11(20)10(6)19/h1-3,6-7,10-11,18-20H,4-5H2,(H,16,17)/t6-,7+,10+,11-/m0/s1. The van der Waals surface area contributed by atoms with Crippen LogP contribution in [0.1, 0.15) is 5.69 Å². The van der Waals surface area contributed by atoms with Crippen LogP contribution in [0.5, 0.6) is 0 Å². The summed E-state index contributed by atoms with van der Waals surface area (Å²) in [6.45, 7) is -0.547. The van der Waals surface area contributed by atoms with E-state index in [4.69, 9.17) is 9.84 Å². The topological polar surface area (TPSA) is 94.8 Å². The van der Waals surface area contributed by atoms with E-state index in [9.17, 15) is 23.4 Å². The summed E-state index contributed by atoms with van der Waals surface area (Å²) in [5.74, 6) is -0.0906. The Balaban J connectivity index is 2.08. The molecule has 0 unspecified atom stereocenters. The molecule has 0 bridgehead atoms. The van der Waals surface area contributed by atoms with Crippen molar-refractivity contribution >= 4 is 5.82 Å². The summed E-state index contributed by atoms with van der Waals surface area (Å²) in [5.41, 5.74) is -1.06. The predicted molar refractivity (Wildman–Crippen MR) is 65.5 cm³/mol. The van der Waals surface area contributed by atoms with Gasteiger partial charge in [0.25, 0.3) is 0 Å². The Morgan fingerprint density at radius 3 is 2.62 bits per heavy atom. The van der Waals surface area contributed by atoms with Crippen molar-refractivity contribution in [3.8, 4) is 0 Å². The van der Waals surface area contributed by atoms with E-state index < -0.39 is 42.8 Å². The number of aliphatic hydroxyl groups is 3. The van der Waals surface area contributed by atoms with Gasteiger partial charge in [-0.15, -0.1) is 0 Å². The second-order valence-electron chi connectivity index (χ2n) is 4.69. The Kier molecular flexibility index (Phi) is 4.67. The van der Waals surface area contributed by atoms with Crippen molar-refractivity contribution in [3.63, 3.8) is 0 Å². The van der Waals surface area contributed by atoms with E-state index in [0.29, 0.717) is 0 Å². The van der Waals surface area contributed by atoms with Crippen LogP contribution in [-0.4, -0.2) is 57.9 Å². The molecule has 0 aliphatic carbocycles. The van der Waals surface area contributed by atoms with Gasteiger partial charge < -0.3 is 25.4 Å². The minimum Gasteiger partial charge on any atom is -0.394 e. The van der Waals surface area contributed by atoms with Crippen LogP contribution in [0.25, 0.3) is 0 Å². The average Bonchev–Trinajstić information content (AvgIpc) is 2.44. The fourth-order valence-electron chi connectivity index (χ4n) is 2.03. The third-order valence-electron chi connectivity index (χ3n) is 3.19. The van der Waals surface area contributed by atoms with Crippen LogP contribution in [0.3, 0.4) is 0 Å². The molecule has 0 amide bonds. The minimum absolute atomic E-state index is 0.0820. The fourth-order valence-corrected chi connectivity index (χ4v) is 2.03. The number of rotatable bonds is 3. The van der Waals surface area contributed by atoms with Crippen molar-refractivity contribution in [2.24, 2.45) is 0 Å². The zero-order valence-corrected chi connectivity index (χ0v) is 10.8. The van der Waals surface area contributed by atoms with Gasteiger partial charge in [-0.05, 0) is 12.1 Å². The summed E-state index contributed by atoms with van der Waals surface area (Å²) < 4.78 is 42.8. The summed E-state index contributed by atoms with van der Waals surface area (Å²) >= 11 is 0. The van der Waals surface area contributed by atoms with E-state index in [1.54, 1.807) is 0 Å². The van der Waals surface area contributed by atoms with Crippen molar-refractivity contribution < 1.29 is 33.2 Å². The zero-order valence-electron chi connectivity index (χ0n) is 10.8. The van der Waals surface area contributed by atoms with Crippen LogP contribution in [0.2, 0.25) is 0 Å². The van der Waals surface area contributed by atoms with E-state index in [1.807, 2.05) is 0 Å². The van der Waals surface area contributed by atoms with Crippen LogP contribution < -0.4 is 5.32 Å². The highest BCUT2D eigenvalue weighted by Gasteiger charge is 2.38. The van der Waals surface area contributed by atoms with Crippen LogP contribution >= 0.6 is 0 Å². The number of hydrogen-bond donors (Lipinski definition) is 4. The molecular formula is C12H15F3N2O4. The lowest BCUT2D eigenvalue weighted by Crippen LogP contribution is -2.56. The smallest absolute Gasteiger partial charge is 0.394 e. The number of halogens is 3. The van der Waals surface area contributed by atoms with Crippen molar-refractivity contribution in [1.29, 1.82) is 0 Å². The van der Waals surface area contributed by atoms with Gasteiger partial charge in [-0.1, -0.05) is 6.07 Å². The molecule has 2 rings (SSSR count). The Hall–Kier alpha value is -1.42. The highest BCUT2D eigenvalue weighted by Crippen LogP contribution is 2.28. The lowest BCUT2D eigenvalue weighted by Gasteiger charge is -2.37. The summed E-state index contributed by atoms with van der Waals surface area (Å²) in [6.07, 6.45) is -8.13. The molecule has 1 aromatic heterocycles. The SMILES string of the molecule is OC[C@H]1OC[C@H](Nc2cccc(C(F)(F)F)n2)[C@@H](O)[C@H]1O. The van der Waals surface area contributed by atoms with Crippen LogP contribution in [0.15, 0.2) is 18.2 Å². The highest BCUT2D eigenvalue weighted by molar-refractivity contribution is 5.37. The molecule has 1 aromatic rings. The van der Waals surface area contributed by atoms with E-state index in [2.05, 4.69) is 10.3 Å². The van der Waals surface area contributed by atoms with Gasteiger partial charge in [-0.25, -0.2) is 4.98 Å². The van der Waals surface area contributed by atoms with Gasteiger partial charge in [-0.3, -0.25) is 0 Å². The molecule has 0 radical (unpaired) electrons. The van der Waals surface area contributed by atoms with Gasteiger partial charge in [-0.2, -0.15) is 13.2 Å². The summed E-state index contributed by atoms with van der Waals surface area (Å²) in [5, 5.41) is 31.1. The molecule has 4 N–H and O–H groups in total. The molecule has 9 heteroatoms. The van der Waals surface area contributed by atoms with Gasteiger partial charge in [0.2, 0.25) is 0 Å². The number of aromatic nitrogens is 1. The maximum Gasteiger partial charge on any atom is 0.433 e. The van der Waals surface area contributed by atoms with Gasteiger partial charge in [0.1, 0.15) is 29.8 Å². The number of ether oxygens (including phenoxy) is 1. The molecule has 0 aromatic carbocycles. The highest BCUT2D eigenvalue weighted by atomic mass is 19.4. The lowest BCUT2D eigenvalue weighted by molar-refractivity contribution is -0.152. The number of aliphatic hydroxyl groups excluding tert-OH is 3. The van der Waals surface area contributed by atoms with E-state index >= 15 is 0 Å². The maximum atomic E-state index is 12.6. The van der Waals surface area contributed by atoms with Crippen molar-refractivity contribution in [1.82, 2.24) is 4.98 Å². The van der Waals surface area contributed by atoms with Gasteiger partial charge >= 0.3 is 6.18 Å². The first-order valence-corrected chi connectivity index (χ1v) is 6.22. The minimum atomic E-state index is -4.57. The van der Waals surface area contributed by atoms with Gasteiger partial charge in [0, 0.05) is 0 Å².